The molecular formula is C15H21NO. The third-order valence-electron chi connectivity index (χ3n) is 3.65. The monoisotopic (exact) mass is 231 g/mol. The van der Waals surface area contributed by atoms with Crippen LogP contribution in [-0.4, -0.2) is 5.91 Å². The summed E-state index contributed by atoms with van der Waals surface area (Å²) in [6, 6.07) is 10.4. The van der Waals surface area contributed by atoms with Crippen LogP contribution in [0, 0.1) is 5.92 Å². The number of hydrogen-bond donors (Lipinski definition) is 1. The highest BCUT2D eigenvalue weighted by atomic mass is 16.1. The van der Waals surface area contributed by atoms with Crippen molar-refractivity contribution < 1.29 is 4.79 Å². The fourth-order valence-corrected chi connectivity index (χ4v) is 2.58. The first-order valence-corrected chi connectivity index (χ1v) is 6.66. The first-order chi connectivity index (χ1) is 8.31. The summed E-state index contributed by atoms with van der Waals surface area (Å²) >= 11 is 0. The summed E-state index contributed by atoms with van der Waals surface area (Å²) in [6.45, 7) is 2.12. The van der Waals surface area contributed by atoms with Crippen molar-refractivity contribution in [3.8, 4) is 0 Å². The SMILES string of the molecule is CC[C@@H](NC(=O)C1CCCC1)c1ccccc1. The van der Waals surface area contributed by atoms with Crippen molar-refractivity contribution in [2.75, 3.05) is 0 Å². The molecule has 1 aromatic rings. The zero-order valence-corrected chi connectivity index (χ0v) is 10.5. The van der Waals surface area contributed by atoms with Crippen molar-refractivity contribution in [3.63, 3.8) is 0 Å². The van der Waals surface area contributed by atoms with Crippen LogP contribution in [0.4, 0.5) is 0 Å². The average Bonchev–Trinajstić information content (AvgIpc) is 2.90. The highest BCUT2D eigenvalue weighted by molar-refractivity contribution is 5.79. The van der Waals surface area contributed by atoms with E-state index in [-0.39, 0.29) is 17.9 Å². The van der Waals surface area contributed by atoms with Crippen molar-refractivity contribution in [3.05, 3.63) is 35.9 Å². The van der Waals surface area contributed by atoms with Crippen molar-refractivity contribution in [1.29, 1.82) is 0 Å². The van der Waals surface area contributed by atoms with E-state index in [1.807, 2.05) is 18.2 Å². The Balaban J connectivity index is 1.97. The molecule has 17 heavy (non-hydrogen) atoms. The minimum Gasteiger partial charge on any atom is -0.349 e. The van der Waals surface area contributed by atoms with E-state index in [4.69, 9.17) is 0 Å². The van der Waals surface area contributed by atoms with E-state index in [2.05, 4.69) is 24.4 Å². The molecule has 0 aromatic heterocycles. The number of amides is 1. The second-order valence-electron chi connectivity index (χ2n) is 4.86. The molecule has 1 fully saturated rings. The van der Waals surface area contributed by atoms with E-state index in [1.165, 1.54) is 18.4 Å². The quantitative estimate of drug-likeness (QED) is 0.845. The van der Waals surface area contributed by atoms with Crippen molar-refractivity contribution in [1.82, 2.24) is 5.32 Å². The van der Waals surface area contributed by atoms with Gasteiger partial charge < -0.3 is 5.32 Å². The summed E-state index contributed by atoms with van der Waals surface area (Å²) in [7, 11) is 0. The second kappa shape index (κ2) is 5.85. The highest BCUT2D eigenvalue weighted by Crippen LogP contribution is 2.26. The minimum atomic E-state index is 0.171. The van der Waals surface area contributed by atoms with Gasteiger partial charge in [0.05, 0.1) is 6.04 Å². The number of carbonyl (C=O) groups is 1. The van der Waals surface area contributed by atoms with Crippen LogP contribution in [0.15, 0.2) is 30.3 Å². The average molecular weight is 231 g/mol. The number of hydrogen-bond acceptors (Lipinski definition) is 1. The molecular weight excluding hydrogens is 210 g/mol. The van der Waals surface area contributed by atoms with E-state index in [9.17, 15) is 4.79 Å². The van der Waals surface area contributed by atoms with Gasteiger partial charge in [-0.15, -0.1) is 0 Å². The summed E-state index contributed by atoms with van der Waals surface area (Å²) in [5, 5.41) is 3.19. The first kappa shape index (κ1) is 12.2. The van der Waals surface area contributed by atoms with E-state index >= 15 is 0 Å². The van der Waals surface area contributed by atoms with Gasteiger partial charge in [-0.2, -0.15) is 0 Å². The zero-order chi connectivity index (χ0) is 12.1. The topological polar surface area (TPSA) is 29.1 Å². The molecule has 1 aromatic carbocycles. The van der Waals surface area contributed by atoms with E-state index < -0.39 is 0 Å². The normalized spacial score (nSPS) is 17.9. The Hall–Kier alpha value is -1.31. The van der Waals surface area contributed by atoms with Crippen LogP contribution in [0.3, 0.4) is 0 Å². The molecule has 0 saturated heterocycles. The Morgan fingerprint density at radius 2 is 1.94 bits per heavy atom. The van der Waals surface area contributed by atoms with E-state index in [0.29, 0.717) is 0 Å². The molecule has 0 bridgehead atoms. The van der Waals surface area contributed by atoms with Gasteiger partial charge in [0.15, 0.2) is 0 Å². The van der Waals surface area contributed by atoms with Gasteiger partial charge in [-0.3, -0.25) is 4.79 Å². The van der Waals surface area contributed by atoms with Gasteiger partial charge in [-0.25, -0.2) is 0 Å². The third kappa shape index (κ3) is 3.09. The molecule has 0 spiro atoms. The van der Waals surface area contributed by atoms with E-state index in [0.717, 1.165) is 19.3 Å². The fraction of sp³-hybridized carbons (Fsp3) is 0.533. The molecule has 2 rings (SSSR count). The molecule has 1 N–H and O–H groups in total. The molecule has 1 aliphatic rings. The molecule has 1 saturated carbocycles. The van der Waals surface area contributed by atoms with Crippen molar-refractivity contribution in [2.45, 2.75) is 45.1 Å². The van der Waals surface area contributed by atoms with Crippen LogP contribution < -0.4 is 5.32 Å². The molecule has 0 radical (unpaired) electrons. The molecule has 0 aliphatic heterocycles. The molecule has 2 nitrogen and oxygen atoms in total. The molecule has 1 aliphatic carbocycles. The maximum atomic E-state index is 12.1. The zero-order valence-electron chi connectivity index (χ0n) is 10.5. The van der Waals surface area contributed by atoms with Crippen molar-refractivity contribution in [2.24, 2.45) is 5.92 Å². The fourth-order valence-electron chi connectivity index (χ4n) is 2.58. The van der Waals surface area contributed by atoms with Crippen LogP contribution in [0.2, 0.25) is 0 Å². The van der Waals surface area contributed by atoms with Crippen LogP contribution in [0.1, 0.15) is 50.6 Å². The Morgan fingerprint density at radius 3 is 2.53 bits per heavy atom. The Kier molecular flexibility index (Phi) is 4.18. The number of rotatable bonds is 4. The van der Waals surface area contributed by atoms with Gasteiger partial charge >= 0.3 is 0 Å². The lowest BCUT2D eigenvalue weighted by Gasteiger charge is -2.19. The number of carbonyl (C=O) groups excluding carboxylic acids is 1. The van der Waals surface area contributed by atoms with E-state index in [1.54, 1.807) is 0 Å². The van der Waals surface area contributed by atoms with Gasteiger partial charge in [0, 0.05) is 5.92 Å². The first-order valence-electron chi connectivity index (χ1n) is 6.66. The molecule has 1 amide bonds. The Bertz CT molecular complexity index is 354. The Labute approximate surface area is 103 Å². The molecule has 0 unspecified atom stereocenters. The standard InChI is InChI=1S/C15H21NO/c1-2-14(12-8-4-3-5-9-12)16-15(17)13-10-6-7-11-13/h3-5,8-9,13-14H,2,6-7,10-11H2,1H3,(H,16,17)/t14-/m1/s1. The van der Waals surface area contributed by atoms with Crippen LogP contribution in [-0.2, 0) is 4.79 Å². The lowest BCUT2D eigenvalue weighted by molar-refractivity contribution is -0.125. The second-order valence-corrected chi connectivity index (χ2v) is 4.86. The maximum absolute atomic E-state index is 12.1. The minimum absolute atomic E-state index is 0.171. The summed E-state index contributed by atoms with van der Waals surface area (Å²) in [5.41, 5.74) is 1.21. The van der Waals surface area contributed by atoms with Crippen LogP contribution in [0.5, 0.6) is 0 Å². The third-order valence-corrected chi connectivity index (χ3v) is 3.65. The maximum Gasteiger partial charge on any atom is 0.223 e. The van der Waals surface area contributed by atoms with Crippen molar-refractivity contribution >= 4 is 5.91 Å². The van der Waals surface area contributed by atoms with Gasteiger partial charge in [0.25, 0.3) is 0 Å². The summed E-state index contributed by atoms with van der Waals surface area (Å²) in [4.78, 5) is 12.1. The van der Waals surface area contributed by atoms with Crippen LogP contribution in [0.25, 0.3) is 0 Å². The van der Waals surface area contributed by atoms with Gasteiger partial charge in [0.1, 0.15) is 0 Å². The summed E-state index contributed by atoms with van der Waals surface area (Å²) in [6.07, 6.45) is 5.50. The molecule has 1 atom stereocenters. The molecule has 2 heteroatoms. The number of benzene rings is 1. The lowest BCUT2D eigenvalue weighted by Crippen LogP contribution is -2.32. The molecule has 92 valence electrons. The lowest BCUT2D eigenvalue weighted by atomic mass is 10.0. The smallest absolute Gasteiger partial charge is 0.223 e. The predicted molar refractivity (Wildman–Crippen MR) is 69.6 cm³/mol. The largest absolute Gasteiger partial charge is 0.349 e. The van der Waals surface area contributed by atoms with Gasteiger partial charge in [-0.1, -0.05) is 50.1 Å². The summed E-state index contributed by atoms with van der Waals surface area (Å²) in [5.74, 6) is 0.506. The molecule has 0 heterocycles. The van der Waals surface area contributed by atoms with Gasteiger partial charge in [0.2, 0.25) is 5.91 Å². The highest BCUT2D eigenvalue weighted by Gasteiger charge is 2.24. The van der Waals surface area contributed by atoms with Crippen LogP contribution >= 0.6 is 0 Å². The number of nitrogens with one attached hydrogen (secondary N) is 1. The summed E-state index contributed by atoms with van der Waals surface area (Å²) < 4.78 is 0. The predicted octanol–water partition coefficient (Wildman–Crippen LogP) is 3.44. The van der Waals surface area contributed by atoms with Gasteiger partial charge in [-0.05, 0) is 24.8 Å². The Morgan fingerprint density at radius 1 is 1.29 bits per heavy atom.